The van der Waals surface area contributed by atoms with Crippen LogP contribution in [0.2, 0.25) is 0 Å². The molecule has 0 aliphatic carbocycles. The molecule has 3 aromatic rings. The Balaban J connectivity index is 1.29. The summed E-state index contributed by atoms with van der Waals surface area (Å²) in [4.78, 5) is 26.2. The maximum absolute atomic E-state index is 13.5. The molecular formula is C24H28N4O. The first-order chi connectivity index (χ1) is 14.3. The maximum atomic E-state index is 13.5. The molecule has 2 unspecified atom stereocenters. The third kappa shape index (κ3) is 3.79. The standard InChI is InChI=1S/C24H28N4O/c29-24(19-10-6-14-27(17-19)16-18-8-2-1-3-9-18)28-15-7-13-22(28)23-25-20-11-4-5-12-21(20)26-23/h1-5,8-9,11-12,19,22H,6-7,10,13-17H2,(H,25,26). The molecule has 0 spiro atoms. The van der Waals surface area contributed by atoms with Crippen molar-refractivity contribution in [3.05, 3.63) is 66.0 Å². The molecule has 0 bridgehead atoms. The van der Waals surface area contributed by atoms with E-state index in [0.717, 1.165) is 68.7 Å². The monoisotopic (exact) mass is 388 g/mol. The third-order valence-electron chi connectivity index (χ3n) is 6.36. The smallest absolute Gasteiger partial charge is 0.227 e. The fourth-order valence-corrected chi connectivity index (χ4v) is 4.92. The summed E-state index contributed by atoms with van der Waals surface area (Å²) in [6.07, 6.45) is 4.12. The molecule has 2 aliphatic rings. The van der Waals surface area contributed by atoms with E-state index in [1.54, 1.807) is 0 Å². The van der Waals surface area contributed by atoms with E-state index in [4.69, 9.17) is 4.98 Å². The Labute approximate surface area is 171 Å². The highest BCUT2D eigenvalue weighted by molar-refractivity contribution is 5.80. The second-order valence-electron chi connectivity index (χ2n) is 8.39. The maximum Gasteiger partial charge on any atom is 0.227 e. The van der Waals surface area contributed by atoms with Crippen LogP contribution in [0.4, 0.5) is 0 Å². The number of nitrogens with zero attached hydrogens (tertiary/aromatic N) is 3. The number of amides is 1. The number of H-pyrrole nitrogens is 1. The van der Waals surface area contributed by atoms with E-state index in [2.05, 4.69) is 51.2 Å². The molecule has 2 aromatic carbocycles. The van der Waals surface area contributed by atoms with Crippen molar-refractivity contribution in [2.45, 2.75) is 38.3 Å². The summed E-state index contributed by atoms with van der Waals surface area (Å²) >= 11 is 0. The first-order valence-corrected chi connectivity index (χ1v) is 10.8. The van der Waals surface area contributed by atoms with E-state index in [1.807, 2.05) is 18.2 Å². The number of carbonyl (C=O) groups is 1. The molecule has 150 valence electrons. The van der Waals surface area contributed by atoms with Gasteiger partial charge < -0.3 is 9.88 Å². The first-order valence-electron chi connectivity index (χ1n) is 10.8. The summed E-state index contributed by atoms with van der Waals surface area (Å²) in [6.45, 7) is 3.70. The van der Waals surface area contributed by atoms with Crippen molar-refractivity contribution in [1.29, 1.82) is 0 Å². The Hall–Kier alpha value is -2.66. The molecule has 2 saturated heterocycles. The fraction of sp³-hybridized carbons (Fsp3) is 0.417. The van der Waals surface area contributed by atoms with E-state index >= 15 is 0 Å². The van der Waals surface area contributed by atoms with Crippen LogP contribution in [0.3, 0.4) is 0 Å². The lowest BCUT2D eigenvalue weighted by molar-refractivity contribution is -0.138. The van der Waals surface area contributed by atoms with Gasteiger partial charge >= 0.3 is 0 Å². The molecule has 5 heteroatoms. The number of aromatic nitrogens is 2. The lowest BCUT2D eigenvalue weighted by Crippen LogP contribution is -2.44. The van der Waals surface area contributed by atoms with Gasteiger partial charge in [0.05, 0.1) is 23.0 Å². The van der Waals surface area contributed by atoms with Crippen LogP contribution in [0.15, 0.2) is 54.6 Å². The van der Waals surface area contributed by atoms with Crippen molar-refractivity contribution >= 4 is 16.9 Å². The average molecular weight is 389 g/mol. The van der Waals surface area contributed by atoms with Gasteiger partial charge in [0.15, 0.2) is 0 Å². The summed E-state index contributed by atoms with van der Waals surface area (Å²) in [7, 11) is 0. The highest BCUT2D eigenvalue weighted by Gasteiger charge is 2.37. The van der Waals surface area contributed by atoms with Gasteiger partial charge in [-0.05, 0) is 49.9 Å². The molecule has 0 radical (unpaired) electrons. The molecular weight excluding hydrogens is 360 g/mol. The number of imidazole rings is 1. The van der Waals surface area contributed by atoms with Gasteiger partial charge in [-0.25, -0.2) is 4.98 Å². The van der Waals surface area contributed by atoms with E-state index < -0.39 is 0 Å². The first kappa shape index (κ1) is 18.4. The fourth-order valence-electron chi connectivity index (χ4n) is 4.92. The number of likely N-dealkylation sites (tertiary alicyclic amines) is 2. The minimum absolute atomic E-state index is 0.0828. The quantitative estimate of drug-likeness (QED) is 0.731. The van der Waals surface area contributed by atoms with Gasteiger partial charge in [0, 0.05) is 19.6 Å². The number of fused-ring (bicyclic) bond motifs is 1. The molecule has 0 saturated carbocycles. The minimum Gasteiger partial charge on any atom is -0.340 e. The van der Waals surface area contributed by atoms with Gasteiger partial charge in [0.2, 0.25) is 5.91 Å². The Morgan fingerprint density at radius 2 is 1.79 bits per heavy atom. The molecule has 5 rings (SSSR count). The highest BCUT2D eigenvalue weighted by atomic mass is 16.2. The van der Waals surface area contributed by atoms with Gasteiger partial charge in [-0.15, -0.1) is 0 Å². The van der Waals surface area contributed by atoms with Crippen molar-refractivity contribution in [2.75, 3.05) is 19.6 Å². The lowest BCUT2D eigenvalue weighted by atomic mass is 9.95. The van der Waals surface area contributed by atoms with Crippen LogP contribution in [0.5, 0.6) is 0 Å². The molecule has 1 N–H and O–H groups in total. The van der Waals surface area contributed by atoms with Crippen LogP contribution in [0.1, 0.15) is 43.1 Å². The van der Waals surface area contributed by atoms with Crippen molar-refractivity contribution in [1.82, 2.24) is 19.8 Å². The van der Waals surface area contributed by atoms with Crippen LogP contribution < -0.4 is 0 Å². The number of rotatable bonds is 4. The highest BCUT2D eigenvalue weighted by Crippen LogP contribution is 2.34. The van der Waals surface area contributed by atoms with Gasteiger partial charge in [-0.2, -0.15) is 0 Å². The van der Waals surface area contributed by atoms with Gasteiger partial charge in [-0.1, -0.05) is 42.5 Å². The summed E-state index contributed by atoms with van der Waals surface area (Å²) in [5.41, 5.74) is 3.35. The molecule has 1 aromatic heterocycles. The van der Waals surface area contributed by atoms with Crippen LogP contribution >= 0.6 is 0 Å². The van der Waals surface area contributed by atoms with Crippen molar-refractivity contribution in [3.63, 3.8) is 0 Å². The number of nitrogens with one attached hydrogen (secondary N) is 1. The summed E-state index contributed by atoms with van der Waals surface area (Å²) in [6, 6.07) is 18.8. The van der Waals surface area contributed by atoms with E-state index in [-0.39, 0.29) is 12.0 Å². The Kier molecular flexibility index (Phi) is 5.06. The molecule has 3 heterocycles. The summed E-state index contributed by atoms with van der Waals surface area (Å²) < 4.78 is 0. The molecule has 2 aliphatic heterocycles. The second-order valence-corrected chi connectivity index (χ2v) is 8.39. The number of carbonyl (C=O) groups excluding carboxylic acids is 1. The molecule has 2 atom stereocenters. The number of piperidine rings is 1. The number of para-hydroxylation sites is 2. The second kappa shape index (κ2) is 7.99. The third-order valence-corrected chi connectivity index (χ3v) is 6.36. The van der Waals surface area contributed by atoms with Crippen molar-refractivity contribution in [3.8, 4) is 0 Å². The predicted octanol–water partition coefficient (Wildman–Crippen LogP) is 4.14. The summed E-state index contributed by atoms with van der Waals surface area (Å²) in [5.74, 6) is 1.34. The largest absolute Gasteiger partial charge is 0.340 e. The van der Waals surface area contributed by atoms with E-state index in [0.29, 0.717) is 5.91 Å². The lowest BCUT2D eigenvalue weighted by Gasteiger charge is -2.35. The topological polar surface area (TPSA) is 52.2 Å². The predicted molar refractivity (Wildman–Crippen MR) is 114 cm³/mol. The zero-order chi connectivity index (χ0) is 19.6. The SMILES string of the molecule is O=C(C1CCCN(Cc2ccccc2)C1)N1CCCC1c1nc2ccccc2[nH]1. The number of hydrogen-bond donors (Lipinski definition) is 1. The zero-order valence-electron chi connectivity index (χ0n) is 16.8. The molecule has 1 amide bonds. The number of benzene rings is 2. The van der Waals surface area contributed by atoms with Crippen LogP contribution in [-0.4, -0.2) is 45.3 Å². The van der Waals surface area contributed by atoms with E-state index in [1.165, 1.54) is 5.56 Å². The average Bonchev–Trinajstić information content (AvgIpc) is 3.41. The Morgan fingerprint density at radius 3 is 2.66 bits per heavy atom. The Bertz CT molecular complexity index is 950. The number of hydrogen-bond acceptors (Lipinski definition) is 3. The molecule has 2 fully saturated rings. The molecule has 5 nitrogen and oxygen atoms in total. The normalized spacial score (nSPS) is 23.0. The van der Waals surface area contributed by atoms with Crippen LogP contribution in [0, 0.1) is 5.92 Å². The van der Waals surface area contributed by atoms with E-state index in [9.17, 15) is 4.79 Å². The van der Waals surface area contributed by atoms with Gasteiger partial charge in [0.25, 0.3) is 0 Å². The van der Waals surface area contributed by atoms with Gasteiger partial charge in [-0.3, -0.25) is 9.69 Å². The van der Waals surface area contributed by atoms with Gasteiger partial charge in [0.1, 0.15) is 5.82 Å². The van der Waals surface area contributed by atoms with Crippen LogP contribution in [-0.2, 0) is 11.3 Å². The summed E-state index contributed by atoms with van der Waals surface area (Å²) in [5, 5.41) is 0. The Morgan fingerprint density at radius 1 is 1.00 bits per heavy atom. The van der Waals surface area contributed by atoms with Crippen molar-refractivity contribution < 1.29 is 4.79 Å². The number of aromatic amines is 1. The minimum atomic E-state index is 0.0828. The molecule has 29 heavy (non-hydrogen) atoms. The van der Waals surface area contributed by atoms with Crippen LogP contribution in [0.25, 0.3) is 11.0 Å². The zero-order valence-corrected chi connectivity index (χ0v) is 16.8. The van der Waals surface area contributed by atoms with Crippen molar-refractivity contribution in [2.24, 2.45) is 5.92 Å².